The SMILES string of the molecule is COc1ccc(CN2C[C@@H](CN3CCOCC3)C[C@@H](C(=O)NCCc3c[nH]c4ccccc34)C2)cc1OC. The van der Waals surface area contributed by atoms with Crippen molar-refractivity contribution in [2.75, 3.05) is 66.7 Å². The van der Waals surface area contributed by atoms with Crippen molar-refractivity contribution in [2.24, 2.45) is 11.8 Å². The summed E-state index contributed by atoms with van der Waals surface area (Å²) < 4.78 is 16.5. The predicted octanol–water partition coefficient (Wildman–Crippen LogP) is 3.31. The molecule has 5 rings (SSSR count). The number of likely N-dealkylation sites (tertiary alicyclic amines) is 1. The molecule has 2 saturated heterocycles. The molecule has 3 aromatic rings. The first kappa shape index (κ1) is 26.5. The standard InChI is InChI=1S/C30H40N4O4/c1-36-28-8-7-22(16-29(28)37-2)18-34-20-23(19-33-11-13-38-14-12-33)15-25(21-34)30(35)31-10-9-24-17-32-27-6-4-3-5-26(24)27/h3-8,16-17,23,25,32H,9-15,18-21H2,1-2H3,(H,31,35)/t23-,25-/m1/s1. The van der Waals surface area contributed by atoms with Crippen molar-refractivity contribution in [1.29, 1.82) is 0 Å². The molecular weight excluding hydrogens is 480 g/mol. The van der Waals surface area contributed by atoms with Crippen molar-refractivity contribution in [3.05, 3.63) is 59.8 Å². The Bertz CT molecular complexity index is 1210. The summed E-state index contributed by atoms with van der Waals surface area (Å²) in [6.07, 6.45) is 3.79. The number of fused-ring (bicyclic) bond motifs is 1. The van der Waals surface area contributed by atoms with Gasteiger partial charge in [-0.3, -0.25) is 14.6 Å². The van der Waals surface area contributed by atoms with E-state index in [1.165, 1.54) is 10.9 Å². The number of para-hydroxylation sites is 1. The number of H-pyrrole nitrogens is 1. The Labute approximate surface area is 225 Å². The maximum Gasteiger partial charge on any atom is 0.224 e. The summed E-state index contributed by atoms with van der Waals surface area (Å²) in [5, 5.41) is 4.48. The zero-order valence-electron chi connectivity index (χ0n) is 22.6. The minimum absolute atomic E-state index is 0.0297. The summed E-state index contributed by atoms with van der Waals surface area (Å²) in [6, 6.07) is 14.4. The molecule has 38 heavy (non-hydrogen) atoms. The second-order valence-electron chi connectivity index (χ2n) is 10.5. The zero-order valence-corrected chi connectivity index (χ0v) is 22.6. The van der Waals surface area contributed by atoms with E-state index in [4.69, 9.17) is 14.2 Å². The van der Waals surface area contributed by atoms with Crippen molar-refractivity contribution < 1.29 is 19.0 Å². The van der Waals surface area contributed by atoms with Crippen LogP contribution in [-0.2, 0) is 22.5 Å². The molecule has 0 saturated carbocycles. The van der Waals surface area contributed by atoms with Crippen LogP contribution in [-0.4, -0.2) is 87.4 Å². The second kappa shape index (κ2) is 12.7. The van der Waals surface area contributed by atoms with Crippen LogP contribution >= 0.6 is 0 Å². The molecule has 8 nitrogen and oxygen atoms in total. The largest absolute Gasteiger partial charge is 0.493 e. The third-order valence-corrected chi connectivity index (χ3v) is 7.83. The molecule has 1 aromatic heterocycles. The van der Waals surface area contributed by atoms with Crippen molar-refractivity contribution in [1.82, 2.24) is 20.1 Å². The lowest BCUT2D eigenvalue weighted by molar-refractivity contribution is -0.127. The first-order chi connectivity index (χ1) is 18.6. The van der Waals surface area contributed by atoms with Gasteiger partial charge in [0.2, 0.25) is 5.91 Å². The number of ether oxygens (including phenoxy) is 3. The number of hydrogen-bond acceptors (Lipinski definition) is 6. The highest BCUT2D eigenvalue weighted by Crippen LogP contribution is 2.30. The summed E-state index contributed by atoms with van der Waals surface area (Å²) in [7, 11) is 3.32. The van der Waals surface area contributed by atoms with Crippen LogP contribution < -0.4 is 14.8 Å². The molecule has 0 aliphatic carbocycles. The fraction of sp³-hybridized carbons (Fsp3) is 0.500. The Morgan fingerprint density at radius 3 is 2.68 bits per heavy atom. The Balaban J connectivity index is 1.23. The van der Waals surface area contributed by atoms with Gasteiger partial charge in [-0.1, -0.05) is 24.3 Å². The average Bonchev–Trinajstić information content (AvgIpc) is 3.36. The molecule has 0 bridgehead atoms. The van der Waals surface area contributed by atoms with Gasteiger partial charge in [-0.05, 0) is 48.1 Å². The lowest BCUT2D eigenvalue weighted by atomic mass is 9.87. The number of aromatic nitrogens is 1. The molecule has 3 heterocycles. The summed E-state index contributed by atoms with van der Waals surface area (Å²) in [5.74, 6) is 2.03. The van der Waals surface area contributed by atoms with Gasteiger partial charge in [0.15, 0.2) is 11.5 Å². The second-order valence-corrected chi connectivity index (χ2v) is 10.5. The number of nitrogens with zero attached hydrogens (tertiary/aromatic N) is 2. The van der Waals surface area contributed by atoms with Crippen molar-refractivity contribution in [2.45, 2.75) is 19.4 Å². The smallest absolute Gasteiger partial charge is 0.224 e. The van der Waals surface area contributed by atoms with Crippen LogP contribution in [0.2, 0.25) is 0 Å². The van der Waals surface area contributed by atoms with E-state index in [2.05, 4.69) is 50.6 Å². The number of carbonyl (C=O) groups is 1. The Kier molecular flexibility index (Phi) is 8.83. The van der Waals surface area contributed by atoms with Crippen LogP contribution in [0.3, 0.4) is 0 Å². The van der Waals surface area contributed by atoms with Gasteiger partial charge in [-0.25, -0.2) is 0 Å². The number of amides is 1. The molecule has 8 heteroatoms. The molecule has 0 unspecified atom stereocenters. The zero-order chi connectivity index (χ0) is 26.3. The predicted molar refractivity (Wildman–Crippen MR) is 149 cm³/mol. The van der Waals surface area contributed by atoms with Crippen LogP contribution in [0.25, 0.3) is 10.9 Å². The quantitative estimate of drug-likeness (QED) is 0.427. The molecule has 2 aliphatic rings. The van der Waals surface area contributed by atoms with Crippen molar-refractivity contribution in [3.63, 3.8) is 0 Å². The van der Waals surface area contributed by atoms with Crippen molar-refractivity contribution >= 4 is 16.8 Å². The first-order valence-corrected chi connectivity index (χ1v) is 13.7. The highest BCUT2D eigenvalue weighted by Gasteiger charge is 2.33. The number of aromatic amines is 1. The van der Waals surface area contributed by atoms with E-state index < -0.39 is 0 Å². The highest BCUT2D eigenvalue weighted by atomic mass is 16.5. The van der Waals surface area contributed by atoms with E-state index in [0.29, 0.717) is 12.5 Å². The van der Waals surface area contributed by atoms with Crippen LogP contribution in [0.15, 0.2) is 48.7 Å². The molecule has 0 radical (unpaired) electrons. The number of benzene rings is 2. The number of methoxy groups -OCH3 is 2. The fourth-order valence-corrected chi connectivity index (χ4v) is 5.94. The summed E-state index contributed by atoms with van der Waals surface area (Å²) in [4.78, 5) is 21.6. The first-order valence-electron chi connectivity index (χ1n) is 13.7. The van der Waals surface area contributed by atoms with Gasteiger partial charge in [0, 0.05) is 62.9 Å². The lowest BCUT2D eigenvalue weighted by Gasteiger charge is -2.40. The number of nitrogens with one attached hydrogen (secondary N) is 2. The van der Waals surface area contributed by atoms with Crippen LogP contribution in [0.4, 0.5) is 0 Å². The summed E-state index contributed by atoms with van der Waals surface area (Å²) >= 11 is 0. The topological polar surface area (TPSA) is 79.1 Å². The van der Waals surface area contributed by atoms with E-state index in [1.807, 2.05) is 18.2 Å². The number of rotatable bonds is 10. The minimum atomic E-state index is -0.0297. The number of carbonyl (C=O) groups excluding carboxylic acids is 1. The van der Waals surface area contributed by atoms with E-state index in [1.54, 1.807) is 14.2 Å². The maximum atomic E-state index is 13.4. The van der Waals surface area contributed by atoms with E-state index in [-0.39, 0.29) is 11.8 Å². The summed E-state index contributed by atoms with van der Waals surface area (Å²) in [6.45, 7) is 7.67. The van der Waals surface area contributed by atoms with E-state index in [0.717, 1.165) is 87.9 Å². The van der Waals surface area contributed by atoms with Gasteiger partial charge in [0.25, 0.3) is 0 Å². The minimum Gasteiger partial charge on any atom is -0.493 e. The van der Waals surface area contributed by atoms with Gasteiger partial charge in [-0.2, -0.15) is 0 Å². The molecule has 204 valence electrons. The summed E-state index contributed by atoms with van der Waals surface area (Å²) in [5.41, 5.74) is 3.54. The molecular formula is C30H40N4O4. The van der Waals surface area contributed by atoms with Crippen LogP contribution in [0.5, 0.6) is 11.5 Å². The van der Waals surface area contributed by atoms with Crippen molar-refractivity contribution in [3.8, 4) is 11.5 Å². The van der Waals surface area contributed by atoms with Gasteiger partial charge < -0.3 is 24.5 Å². The average molecular weight is 521 g/mol. The number of morpholine rings is 1. The Hall–Kier alpha value is -3.07. The molecule has 0 spiro atoms. The lowest BCUT2D eigenvalue weighted by Crippen LogP contribution is -2.50. The highest BCUT2D eigenvalue weighted by molar-refractivity contribution is 5.83. The fourth-order valence-electron chi connectivity index (χ4n) is 5.94. The van der Waals surface area contributed by atoms with Gasteiger partial charge >= 0.3 is 0 Å². The maximum absolute atomic E-state index is 13.4. The molecule has 2 aromatic carbocycles. The van der Waals surface area contributed by atoms with Crippen LogP contribution in [0.1, 0.15) is 17.5 Å². The Morgan fingerprint density at radius 1 is 1.05 bits per heavy atom. The Morgan fingerprint density at radius 2 is 1.87 bits per heavy atom. The van der Waals surface area contributed by atoms with E-state index in [9.17, 15) is 4.79 Å². The molecule has 2 fully saturated rings. The molecule has 2 aliphatic heterocycles. The molecule has 2 atom stereocenters. The van der Waals surface area contributed by atoms with Gasteiger partial charge in [0.05, 0.1) is 33.4 Å². The normalized spacial score (nSPS) is 20.9. The van der Waals surface area contributed by atoms with Crippen LogP contribution in [0, 0.1) is 11.8 Å². The number of hydrogen-bond donors (Lipinski definition) is 2. The van der Waals surface area contributed by atoms with E-state index >= 15 is 0 Å². The third-order valence-electron chi connectivity index (χ3n) is 7.83. The van der Waals surface area contributed by atoms with Gasteiger partial charge in [0.1, 0.15) is 0 Å². The van der Waals surface area contributed by atoms with Gasteiger partial charge in [-0.15, -0.1) is 0 Å². The molecule has 1 amide bonds. The monoisotopic (exact) mass is 520 g/mol. The molecule has 2 N–H and O–H groups in total. The third kappa shape index (κ3) is 6.49. The number of piperidine rings is 1.